The predicted molar refractivity (Wildman–Crippen MR) is 68.1 cm³/mol. The van der Waals surface area contributed by atoms with E-state index in [0.29, 0.717) is 12.0 Å². The first-order valence-corrected chi connectivity index (χ1v) is 6.27. The predicted octanol–water partition coefficient (Wildman–Crippen LogP) is 3.04. The minimum absolute atomic E-state index is 0.317. The van der Waals surface area contributed by atoms with Gasteiger partial charge in [0.2, 0.25) is 0 Å². The molecule has 2 atom stereocenters. The molecule has 1 aliphatic carbocycles. The monoisotopic (exact) mass is 230 g/mol. The summed E-state index contributed by atoms with van der Waals surface area (Å²) in [7, 11) is 0. The van der Waals surface area contributed by atoms with Gasteiger partial charge in [0, 0.05) is 12.0 Å². The van der Waals surface area contributed by atoms with Crippen LogP contribution in [0.2, 0.25) is 0 Å². The quantitative estimate of drug-likeness (QED) is 0.819. The number of aromatic nitrogens is 1. The number of benzene rings is 1. The molecule has 1 heterocycles. The van der Waals surface area contributed by atoms with Gasteiger partial charge in [-0.05, 0) is 50.3 Å². The van der Waals surface area contributed by atoms with Crippen molar-refractivity contribution in [2.75, 3.05) is 0 Å². The zero-order valence-electron chi connectivity index (χ0n) is 10.4. The van der Waals surface area contributed by atoms with Crippen molar-refractivity contribution in [3.05, 3.63) is 29.2 Å². The van der Waals surface area contributed by atoms with E-state index in [-0.39, 0.29) is 0 Å². The van der Waals surface area contributed by atoms with Gasteiger partial charge >= 0.3 is 0 Å². The van der Waals surface area contributed by atoms with E-state index in [1.807, 2.05) is 0 Å². The second-order valence-corrected chi connectivity index (χ2v) is 5.25. The smallest absolute Gasteiger partial charge is 0.198 e. The second-order valence-electron chi connectivity index (χ2n) is 5.25. The Labute approximate surface area is 101 Å². The molecule has 1 aromatic carbocycles. The standard InChI is InChI=1S/C14H18N2O/c1-8-5-9(2)13-12(6-8)16-14(17-13)10-3-4-11(15)7-10/h5-6,10-11H,3-4,7,15H2,1-2H3/t10-,11+/m1/s1. The van der Waals surface area contributed by atoms with Crippen LogP contribution >= 0.6 is 0 Å². The number of hydrogen-bond donors (Lipinski definition) is 1. The molecule has 0 radical (unpaired) electrons. The van der Waals surface area contributed by atoms with Crippen LogP contribution in [0.1, 0.15) is 42.2 Å². The van der Waals surface area contributed by atoms with Crippen LogP contribution in [-0.2, 0) is 0 Å². The van der Waals surface area contributed by atoms with Crippen LogP contribution in [0.4, 0.5) is 0 Å². The summed E-state index contributed by atoms with van der Waals surface area (Å²) < 4.78 is 5.92. The van der Waals surface area contributed by atoms with Crippen molar-refractivity contribution in [1.82, 2.24) is 4.98 Å². The first-order chi connectivity index (χ1) is 8.13. The van der Waals surface area contributed by atoms with Crippen molar-refractivity contribution < 1.29 is 4.42 Å². The highest BCUT2D eigenvalue weighted by Crippen LogP contribution is 2.35. The van der Waals surface area contributed by atoms with Crippen molar-refractivity contribution in [1.29, 1.82) is 0 Å². The number of aryl methyl sites for hydroxylation is 2. The average Bonchev–Trinajstić information content (AvgIpc) is 2.83. The lowest BCUT2D eigenvalue weighted by molar-refractivity contribution is 0.470. The molecule has 1 saturated carbocycles. The van der Waals surface area contributed by atoms with Gasteiger partial charge in [-0.15, -0.1) is 0 Å². The zero-order valence-corrected chi connectivity index (χ0v) is 10.4. The van der Waals surface area contributed by atoms with Gasteiger partial charge in [-0.1, -0.05) is 6.07 Å². The molecule has 2 N–H and O–H groups in total. The Morgan fingerprint density at radius 1 is 1.29 bits per heavy atom. The molecule has 2 aromatic rings. The van der Waals surface area contributed by atoms with Crippen LogP contribution in [0, 0.1) is 13.8 Å². The topological polar surface area (TPSA) is 52.0 Å². The summed E-state index contributed by atoms with van der Waals surface area (Å²) in [5.41, 5.74) is 10.3. The van der Waals surface area contributed by atoms with E-state index in [9.17, 15) is 0 Å². The third-order valence-electron chi connectivity index (χ3n) is 3.66. The van der Waals surface area contributed by atoms with Crippen molar-refractivity contribution in [2.45, 2.75) is 45.1 Å². The molecule has 1 aliphatic rings. The molecule has 3 heteroatoms. The minimum atomic E-state index is 0.317. The fourth-order valence-electron chi connectivity index (χ4n) is 2.81. The average molecular weight is 230 g/mol. The van der Waals surface area contributed by atoms with Crippen LogP contribution in [0.25, 0.3) is 11.1 Å². The molecule has 3 nitrogen and oxygen atoms in total. The maximum absolute atomic E-state index is 5.94. The third kappa shape index (κ3) is 1.84. The minimum Gasteiger partial charge on any atom is -0.440 e. The molecule has 0 unspecified atom stereocenters. The number of rotatable bonds is 1. The van der Waals surface area contributed by atoms with E-state index in [2.05, 4.69) is 31.0 Å². The molecular formula is C14H18N2O. The lowest BCUT2D eigenvalue weighted by Crippen LogP contribution is -2.14. The first kappa shape index (κ1) is 10.8. The summed E-state index contributed by atoms with van der Waals surface area (Å²) in [5.74, 6) is 1.29. The van der Waals surface area contributed by atoms with Gasteiger partial charge in [0.1, 0.15) is 5.52 Å². The van der Waals surface area contributed by atoms with Crippen molar-refractivity contribution >= 4 is 11.1 Å². The van der Waals surface area contributed by atoms with E-state index in [1.165, 1.54) is 11.1 Å². The summed E-state index contributed by atoms with van der Waals surface area (Å²) in [4.78, 5) is 4.63. The molecule has 0 bridgehead atoms. The number of fused-ring (bicyclic) bond motifs is 1. The van der Waals surface area contributed by atoms with Gasteiger partial charge in [0.25, 0.3) is 0 Å². The van der Waals surface area contributed by atoms with E-state index in [4.69, 9.17) is 10.2 Å². The largest absolute Gasteiger partial charge is 0.440 e. The Bertz CT molecular complexity index is 559. The number of oxazole rings is 1. The summed E-state index contributed by atoms with van der Waals surface area (Å²) in [5, 5.41) is 0. The Morgan fingerprint density at radius 2 is 2.12 bits per heavy atom. The lowest BCUT2D eigenvalue weighted by atomic mass is 10.1. The highest BCUT2D eigenvalue weighted by atomic mass is 16.3. The molecule has 90 valence electrons. The van der Waals surface area contributed by atoms with Gasteiger partial charge < -0.3 is 10.2 Å². The van der Waals surface area contributed by atoms with Crippen LogP contribution in [-0.4, -0.2) is 11.0 Å². The van der Waals surface area contributed by atoms with Gasteiger partial charge in [0.15, 0.2) is 11.5 Å². The van der Waals surface area contributed by atoms with E-state index in [0.717, 1.165) is 36.3 Å². The van der Waals surface area contributed by atoms with Crippen LogP contribution in [0.5, 0.6) is 0 Å². The van der Waals surface area contributed by atoms with Gasteiger partial charge in [0.05, 0.1) is 0 Å². The van der Waals surface area contributed by atoms with Gasteiger partial charge in [-0.25, -0.2) is 4.98 Å². The van der Waals surface area contributed by atoms with Crippen molar-refractivity contribution in [3.63, 3.8) is 0 Å². The third-order valence-corrected chi connectivity index (χ3v) is 3.66. The Balaban J connectivity index is 2.04. The molecule has 3 rings (SSSR count). The highest BCUT2D eigenvalue weighted by molar-refractivity contribution is 5.77. The fourth-order valence-corrected chi connectivity index (χ4v) is 2.81. The van der Waals surface area contributed by atoms with Crippen LogP contribution in [0.15, 0.2) is 16.5 Å². The summed E-state index contributed by atoms with van der Waals surface area (Å²) in [6, 6.07) is 4.54. The first-order valence-electron chi connectivity index (χ1n) is 6.27. The Morgan fingerprint density at radius 3 is 2.82 bits per heavy atom. The second kappa shape index (κ2) is 3.84. The molecule has 0 amide bonds. The van der Waals surface area contributed by atoms with Crippen molar-refractivity contribution in [3.8, 4) is 0 Å². The molecule has 0 saturated heterocycles. The zero-order chi connectivity index (χ0) is 12.0. The normalized spacial score (nSPS) is 24.6. The van der Waals surface area contributed by atoms with Gasteiger partial charge in [-0.3, -0.25) is 0 Å². The van der Waals surface area contributed by atoms with Crippen LogP contribution < -0.4 is 5.73 Å². The molecule has 0 spiro atoms. The van der Waals surface area contributed by atoms with Gasteiger partial charge in [-0.2, -0.15) is 0 Å². The van der Waals surface area contributed by atoms with E-state index < -0.39 is 0 Å². The Hall–Kier alpha value is -1.35. The lowest BCUT2D eigenvalue weighted by Gasteiger charge is -2.02. The fraction of sp³-hybridized carbons (Fsp3) is 0.500. The molecular weight excluding hydrogens is 212 g/mol. The maximum Gasteiger partial charge on any atom is 0.198 e. The van der Waals surface area contributed by atoms with E-state index in [1.54, 1.807) is 0 Å². The molecule has 17 heavy (non-hydrogen) atoms. The number of nitrogens with two attached hydrogens (primary N) is 1. The summed E-state index contributed by atoms with van der Waals surface area (Å²) >= 11 is 0. The highest BCUT2D eigenvalue weighted by Gasteiger charge is 2.27. The van der Waals surface area contributed by atoms with Crippen LogP contribution in [0.3, 0.4) is 0 Å². The molecule has 1 aromatic heterocycles. The Kier molecular flexibility index (Phi) is 2.44. The summed E-state index contributed by atoms with van der Waals surface area (Å²) in [6.07, 6.45) is 3.19. The summed E-state index contributed by atoms with van der Waals surface area (Å²) in [6.45, 7) is 4.16. The molecule has 1 fully saturated rings. The molecule has 0 aliphatic heterocycles. The van der Waals surface area contributed by atoms with E-state index >= 15 is 0 Å². The van der Waals surface area contributed by atoms with Crippen molar-refractivity contribution in [2.24, 2.45) is 5.73 Å². The SMILES string of the molecule is Cc1cc(C)c2oc([C@@H]3CC[C@H](N)C3)nc2c1. The number of nitrogens with zero attached hydrogens (tertiary/aromatic N) is 1. The number of hydrogen-bond acceptors (Lipinski definition) is 3. The maximum atomic E-state index is 5.94.